The average Bonchev–Trinajstić information content (AvgIpc) is 2.25. The quantitative estimate of drug-likeness (QED) is 0.462. The largest absolute Gasteiger partial charge is 0.303 e. The van der Waals surface area contributed by atoms with Gasteiger partial charge in [0.1, 0.15) is 6.29 Å². The Bertz CT molecular complexity index is 432. The molecule has 0 aliphatic rings. The van der Waals surface area contributed by atoms with Gasteiger partial charge in [0, 0.05) is 15.4 Å². The van der Waals surface area contributed by atoms with E-state index in [0.717, 1.165) is 6.29 Å². The van der Waals surface area contributed by atoms with E-state index >= 15 is 0 Å². The highest BCUT2D eigenvalue weighted by molar-refractivity contribution is 6.30. The van der Waals surface area contributed by atoms with Gasteiger partial charge in [0.25, 0.3) is 0 Å². The van der Waals surface area contributed by atoms with E-state index in [1.807, 2.05) is 0 Å². The van der Waals surface area contributed by atoms with Crippen molar-refractivity contribution in [3.63, 3.8) is 0 Å². The Kier molecular flexibility index (Phi) is 4.23. The number of rotatable bonds is 5. The minimum atomic E-state index is -0.794. The van der Waals surface area contributed by atoms with Crippen LogP contribution in [-0.2, 0) is 4.79 Å². The monoisotopic (exact) mass is 255 g/mol. The smallest absolute Gasteiger partial charge is 0.211 e. The standard InChI is InChI=1S/C12H14ClNO3/c1-12(2,8-15)11(7-14(16)17)9-4-3-5-10(13)6-9/h3-6,8,11H,7H2,1-2H3/t11-/m1/s1. The second-order valence-corrected chi connectivity index (χ2v) is 5.00. The Labute approximate surface area is 105 Å². The topological polar surface area (TPSA) is 60.2 Å². The van der Waals surface area contributed by atoms with Gasteiger partial charge in [-0.05, 0) is 17.7 Å². The molecule has 0 saturated carbocycles. The average molecular weight is 256 g/mol. The van der Waals surface area contributed by atoms with Crippen LogP contribution in [0, 0.1) is 15.5 Å². The van der Waals surface area contributed by atoms with Crippen LogP contribution in [0.3, 0.4) is 0 Å². The van der Waals surface area contributed by atoms with Crippen LogP contribution < -0.4 is 0 Å². The van der Waals surface area contributed by atoms with Gasteiger partial charge in [-0.1, -0.05) is 37.6 Å². The molecule has 0 fully saturated rings. The summed E-state index contributed by atoms with van der Waals surface area (Å²) < 4.78 is 0. The molecule has 0 saturated heterocycles. The van der Waals surface area contributed by atoms with E-state index in [1.165, 1.54) is 0 Å². The molecule has 0 radical (unpaired) electrons. The summed E-state index contributed by atoms with van der Waals surface area (Å²) >= 11 is 5.86. The zero-order valence-corrected chi connectivity index (χ0v) is 10.5. The van der Waals surface area contributed by atoms with Crippen molar-refractivity contribution >= 4 is 17.9 Å². The lowest BCUT2D eigenvalue weighted by molar-refractivity contribution is -0.485. The van der Waals surface area contributed by atoms with Crippen molar-refractivity contribution in [2.75, 3.05) is 6.54 Å². The lowest BCUT2D eigenvalue weighted by atomic mass is 9.76. The molecule has 0 spiro atoms. The molecule has 0 aromatic heterocycles. The van der Waals surface area contributed by atoms with Crippen LogP contribution in [0.2, 0.25) is 5.02 Å². The fraction of sp³-hybridized carbons (Fsp3) is 0.417. The first kappa shape index (κ1) is 13.6. The van der Waals surface area contributed by atoms with Gasteiger partial charge in [-0.2, -0.15) is 0 Å². The maximum absolute atomic E-state index is 11.1. The summed E-state index contributed by atoms with van der Waals surface area (Å²) in [4.78, 5) is 21.3. The van der Waals surface area contributed by atoms with Crippen molar-refractivity contribution in [1.82, 2.24) is 0 Å². The van der Waals surface area contributed by atoms with Crippen LogP contribution in [0.1, 0.15) is 25.3 Å². The number of hydrogen-bond donors (Lipinski definition) is 0. The fourth-order valence-corrected chi connectivity index (χ4v) is 1.92. The van der Waals surface area contributed by atoms with E-state index < -0.39 is 16.3 Å². The van der Waals surface area contributed by atoms with Gasteiger partial charge in [0.2, 0.25) is 6.54 Å². The third-order valence-electron chi connectivity index (χ3n) is 2.78. The molecule has 0 aliphatic heterocycles. The van der Waals surface area contributed by atoms with Crippen molar-refractivity contribution in [2.45, 2.75) is 19.8 Å². The SMILES string of the molecule is CC(C)(C=O)[C@H](C[N+](=O)[O-])c1cccc(Cl)c1. The van der Waals surface area contributed by atoms with Gasteiger partial charge >= 0.3 is 0 Å². The fourth-order valence-electron chi connectivity index (χ4n) is 1.72. The predicted molar refractivity (Wildman–Crippen MR) is 65.9 cm³/mol. The maximum Gasteiger partial charge on any atom is 0.211 e. The van der Waals surface area contributed by atoms with E-state index in [4.69, 9.17) is 11.6 Å². The summed E-state index contributed by atoms with van der Waals surface area (Å²) in [5, 5.41) is 11.2. The van der Waals surface area contributed by atoms with Crippen LogP contribution in [0.4, 0.5) is 0 Å². The lowest BCUT2D eigenvalue weighted by Gasteiger charge is -2.26. The highest BCUT2D eigenvalue weighted by atomic mass is 35.5. The molecule has 1 rings (SSSR count). The Morgan fingerprint density at radius 1 is 1.53 bits per heavy atom. The summed E-state index contributed by atoms with van der Waals surface area (Å²) in [7, 11) is 0. The molecule has 0 bridgehead atoms. The zero-order valence-electron chi connectivity index (χ0n) is 9.72. The number of hydrogen-bond acceptors (Lipinski definition) is 3. The highest BCUT2D eigenvalue weighted by Crippen LogP contribution is 2.34. The molecule has 5 heteroatoms. The summed E-state index contributed by atoms with van der Waals surface area (Å²) in [6.07, 6.45) is 0.752. The molecule has 0 heterocycles. The second kappa shape index (κ2) is 5.27. The molecule has 0 amide bonds. The zero-order chi connectivity index (χ0) is 13.1. The molecule has 1 atom stereocenters. The van der Waals surface area contributed by atoms with Gasteiger partial charge in [0.05, 0.1) is 5.92 Å². The molecule has 0 aliphatic carbocycles. The molecule has 1 aromatic rings. The van der Waals surface area contributed by atoms with Gasteiger partial charge in [-0.3, -0.25) is 10.1 Å². The first-order valence-corrected chi connectivity index (χ1v) is 5.58. The molecule has 0 N–H and O–H groups in total. The summed E-state index contributed by atoms with van der Waals surface area (Å²) in [5.41, 5.74) is -0.0797. The van der Waals surface area contributed by atoms with E-state index in [0.29, 0.717) is 10.6 Å². The number of benzene rings is 1. The molecular weight excluding hydrogens is 242 g/mol. The van der Waals surface area contributed by atoms with E-state index in [9.17, 15) is 14.9 Å². The Balaban J connectivity index is 3.14. The third kappa shape index (κ3) is 3.53. The maximum atomic E-state index is 11.1. The van der Waals surface area contributed by atoms with Crippen molar-refractivity contribution in [2.24, 2.45) is 5.41 Å². The van der Waals surface area contributed by atoms with Crippen molar-refractivity contribution < 1.29 is 9.72 Å². The van der Waals surface area contributed by atoms with Crippen LogP contribution in [0.15, 0.2) is 24.3 Å². The first-order chi connectivity index (χ1) is 7.86. The summed E-state index contributed by atoms with van der Waals surface area (Å²) in [6.45, 7) is 3.09. The summed E-state index contributed by atoms with van der Waals surface area (Å²) in [6, 6.07) is 6.85. The number of aldehydes is 1. The second-order valence-electron chi connectivity index (χ2n) is 4.56. The van der Waals surface area contributed by atoms with Crippen LogP contribution in [0.5, 0.6) is 0 Å². The third-order valence-corrected chi connectivity index (χ3v) is 3.02. The first-order valence-electron chi connectivity index (χ1n) is 5.20. The highest BCUT2D eigenvalue weighted by Gasteiger charge is 2.34. The van der Waals surface area contributed by atoms with Gasteiger partial charge in [0.15, 0.2) is 0 Å². The van der Waals surface area contributed by atoms with Gasteiger partial charge in [-0.25, -0.2) is 0 Å². The molecule has 0 unspecified atom stereocenters. The number of carbonyl (C=O) groups excluding carboxylic acids is 1. The number of nitrogens with zero attached hydrogens (tertiary/aromatic N) is 1. The number of halogens is 1. The van der Waals surface area contributed by atoms with Crippen LogP contribution in [0.25, 0.3) is 0 Å². The minimum Gasteiger partial charge on any atom is -0.303 e. The molecule has 92 valence electrons. The molecule has 1 aromatic carbocycles. The normalized spacial score (nSPS) is 13.1. The van der Waals surface area contributed by atoms with Gasteiger partial charge < -0.3 is 4.79 Å². The Morgan fingerprint density at radius 2 is 2.18 bits per heavy atom. The molecule has 17 heavy (non-hydrogen) atoms. The Morgan fingerprint density at radius 3 is 2.65 bits per heavy atom. The van der Waals surface area contributed by atoms with Gasteiger partial charge in [-0.15, -0.1) is 0 Å². The van der Waals surface area contributed by atoms with E-state index in [-0.39, 0.29) is 6.54 Å². The predicted octanol–water partition coefficient (Wildman–Crippen LogP) is 2.93. The van der Waals surface area contributed by atoms with Crippen LogP contribution >= 0.6 is 11.6 Å². The lowest BCUT2D eigenvalue weighted by Crippen LogP contribution is -2.29. The van der Waals surface area contributed by atoms with Crippen LogP contribution in [-0.4, -0.2) is 17.8 Å². The van der Waals surface area contributed by atoms with Crippen molar-refractivity contribution in [1.29, 1.82) is 0 Å². The molecule has 4 nitrogen and oxygen atoms in total. The van der Waals surface area contributed by atoms with Crippen molar-refractivity contribution in [3.8, 4) is 0 Å². The number of nitro groups is 1. The van der Waals surface area contributed by atoms with Crippen molar-refractivity contribution in [3.05, 3.63) is 45.0 Å². The Hall–Kier alpha value is -1.42. The minimum absolute atomic E-state index is 0.286. The van der Waals surface area contributed by atoms with E-state index in [2.05, 4.69) is 0 Å². The van der Waals surface area contributed by atoms with E-state index in [1.54, 1.807) is 38.1 Å². The molecular formula is C12H14ClNO3. The summed E-state index contributed by atoms with van der Waals surface area (Å²) in [5.74, 6) is -0.478. The number of carbonyl (C=O) groups is 1.